The van der Waals surface area contributed by atoms with Crippen molar-refractivity contribution in [1.29, 1.82) is 0 Å². The van der Waals surface area contributed by atoms with Gasteiger partial charge in [-0.3, -0.25) is 4.79 Å². The Balaban J connectivity index is 1.96. The van der Waals surface area contributed by atoms with Gasteiger partial charge in [-0.05, 0) is 37.1 Å². The van der Waals surface area contributed by atoms with Crippen LogP contribution in [0.5, 0.6) is 0 Å². The molecule has 0 bridgehead atoms. The van der Waals surface area contributed by atoms with Crippen molar-refractivity contribution in [3.8, 4) is 0 Å². The lowest BCUT2D eigenvalue weighted by molar-refractivity contribution is -0.120. The monoisotopic (exact) mass is 234 g/mol. The molecule has 1 aromatic rings. The van der Waals surface area contributed by atoms with Crippen LogP contribution in [0.2, 0.25) is 0 Å². The van der Waals surface area contributed by atoms with Gasteiger partial charge in [0.2, 0.25) is 5.91 Å². The zero-order valence-electron chi connectivity index (χ0n) is 10.1. The minimum Gasteiger partial charge on any atom is -0.399 e. The second kappa shape index (κ2) is 5.19. The van der Waals surface area contributed by atoms with E-state index in [4.69, 9.17) is 10.5 Å². The van der Waals surface area contributed by atoms with Gasteiger partial charge in [0.25, 0.3) is 0 Å². The molecule has 2 rings (SSSR count). The van der Waals surface area contributed by atoms with Gasteiger partial charge in [0.15, 0.2) is 0 Å². The average Bonchev–Trinajstić information content (AvgIpc) is 2.82. The third-order valence-corrected chi connectivity index (χ3v) is 3.08. The van der Waals surface area contributed by atoms with Crippen molar-refractivity contribution in [2.24, 2.45) is 0 Å². The van der Waals surface area contributed by atoms with E-state index in [-0.39, 0.29) is 12.0 Å². The molecule has 0 radical (unpaired) electrons. The van der Waals surface area contributed by atoms with Gasteiger partial charge < -0.3 is 15.4 Å². The summed E-state index contributed by atoms with van der Waals surface area (Å²) in [5.74, 6) is 0.0849. The number of carbonyl (C=O) groups is 1. The molecular formula is C13H18N2O2. The van der Waals surface area contributed by atoms with Crippen LogP contribution in [0.15, 0.2) is 24.3 Å². The van der Waals surface area contributed by atoms with E-state index < -0.39 is 0 Å². The largest absolute Gasteiger partial charge is 0.399 e. The van der Waals surface area contributed by atoms with E-state index in [1.807, 2.05) is 12.1 Å². The maximum Gasteiger partial charge on any atom is 0.229 e. The van der Waals surface area contributed by atoms with Crippen molar-refractivity contribution in [3.63, 3.8) is 0 Å². The third kappa shape index (κ3) is 2.97. The summed E-state index contributed by atoms with van der Waals surface area (Å²) in [5, 5.41) is 0. The first-order valence-corrected chi connectivity index (χ1v) is 5.90. The van der Waals surface area contributed by atoms with Crippen LogP contribution in [0.25, 0.3) is 0 Å². The molecule has 4 heteroatoms. The Kier molecular flexibility index (Phi) is 3.64. The number of amides is 1. The van der Waals surface area contributed by atoms with Crippen molar-refractivity contribution in [3.05, 3.63) is 24.3 Å². The normalized spacial score (nSPS) is 19.2. The SMILES string of the molecule is CN(C(=O)CC1CCCO1)c1ccc(N)cc1. The molecule has 1 unspecified atom stereocenters. The lowest BCUT2D eigenvalue weighted by atomic mass is 10.1. The number of hydrogen-bond donors (Lipinski definition) is 1. The van der Waals surface area contributed by atoms with Crippen LogP contribution >= 0.6 is 0 Å². The minimum absolute atomic E-state index is 0.0849. The maximum atomic E-state index is 12.0. The van der Waals surface area contributed by atoms with E-state index in [0.29, 0.717) is 12.1 Å². The molecule has 17 heavy (non-hydrogen) atoms. The topological polar surface area (TPSA) is 55.6 Å². The fourth-order valence-corrected chi connectivity index (χ4v) is 1.98. The van der Waals surface area contributed by atoms with E-state index in [9.17, 15) is 4.79 Å². The van der Waals surface area contributed by atoms with Gasteiger partial charge in [0.1, 0.15) is 0 Å². The lowest BCUT2D eigenvalue weighted by Crippen LogP contribution is -2.29. The van der Waals surface area contributed by atoms with Crippen LogP contribution in [0, 0.1) is 0 Å². The number of rotatable bonds is 3. The van der Waals surface area contributed by atoms with Crippen LogP contribution < -0.4 is 10.6 Å². The number of nitrogens with zero attached hydrogens (tertiary/aromatic N) is 1. The Bertz CT molecular complexity index is 383. The van der Waals surface area contributed by atoms with Crippen LogP contribution in [0.4, 0.5) is 11.4 Å². The number of nitrogens with two attached hydrogens (primary N) is 1. The van der Waals surface area contributed by atoms with E-state index in [2.05, 4.69) is 0 Å². The van der Waals surface area contributed by atoms with Crippen LogP contribution in [0.1, 0.15) is 19.3 Å². The number of anilines is 2. The average molecular weight is 234 g/mol. The number of ether oxygens (including phenoxy) is 1. The summed E-state index contributed by atoms with van der Waals surface area (Å²) >= 11 is 0. The van der Waals surface area contributed by atoms with Gasteiger partial charge in [-0.25, -0.2) is 0 Å². The molecule has 4 nitrogen and oxygen atoms in total. The summed E-state index contributed by atoms with van der Waals surface area (Å²) in [6.07, 6.45) is 2.60. The van der Waals surface area contributed by atoms with Crippen molar-refractivity contribution >= 4 is 17.3 Å². The van der Waals surface area contributed by atoms with Crippen LogP contribution in [-0.2, 0) is 9.53 Å². The van der Waals surface area contributed by atoms with Gasteiger partial charge in [-0.1, -0.05) is 0 Å². The second-order valence-electron chi connectivity index (χ2n) is 4.38. The molecule has 1 fully saturated rings. The van der Waals surface area contributed by atoms with Gasteiger partial charge in [-0.2, -0.15) is 0 Å². The zero-order chi connectivity index (χ0) is 12.3. The first kappa shape index (κ1) is 11.9. The summed E-state index contributed by atoms with van der Waals surface area (Å²) in [6.45, 7) is 0.781. The van der Waals surface area contributed by atoms with Crippen molar-refractivity contribution < 1.29 is 9.53 Å². The van der Waals surface area contributed by atoms with Crippen molar-refractivity contribution in [1.82, 2.24) is 0 Å². The highest BCUT2D eigenvalue weighted by Crippen LogP contribution is 2.19. The number of nitrogen functional groups attached to an aromatic ring is 1. The van der Waals surface area contributed by atoms with E-state index >= 15 is 0 Å². The molecule has 0 aliphatic carbocycles. The molecule has 1 aliphatic rings. The number of carbonyl (C=O) groups excluding carboxylic acids is 1. The van der Waals surface area contributed by atoms with E-state index in [0.717, 1.165) is 25.1 Å². The second-order valence-corrected chi connectivity index (χ2v) is 4.38. The highest BCUT2D eigenvalue weighted by atomic mass is 16.5. The molecule has 1 atom stereocenters. The van der Waals surface area contributed by atoms with Gasteiger partial charge in [0, 0.05) is 25.0 Å². The van der Waals surface area contributed by atoms with Crippen LogP contribution in [-0.4, -0.2) is 25.7 Å². The summed E-state index contributed by atoms with van der Waals surface area (Å²) in [4.78, 5) is 13.7. The molecule has 1 aromatic carbocycles. The standard InChI is InChI=1S/C13H18N2O2/c1-15(11-6-4-10(14)5-7-11)13(16)9-12-3-2-8-17-12/h4-7,12H,2-3,8-9,14H2,1H3. The third-order valence-electron chi connectivity index (χ3n) is 3.08. The Morgan fingerprint density at radius 2 is 2.18 bits per heavy atom. The molecule has 0 aromatic heterocycles. The predicted molar refractivity (Wildman–Crippen MR) is 67.9 cm³/mol. The quantitative estimate of drug-likeness (QED) is 0.811. The molecule has 2 N–H and O–H groups in total. The Morgan fingerprint density at radius 1 is 1.47 bits per heavy atom. The van der Waals surface area contributed by atoms with Gasteiger partial charge in [-0.15, -0.1) is 0 Å². The van der Waals surface area contributed by atoms with Crippen molar-refractivity contribution in [2.75, 3.05) is 24.3 Å². The summed E-state index contributed by atoms with van der Waals surface area (Å²) in [7, 11) is 1.78. The molecule has 0 spiro atoms. The predicted octanol–water partition coefficient (Wildman–Crippen LogP) is 1.80. The zero-order valence-corrected chi connectivity index (χ0v) is 10.1. The first-order chi connectivity index (χ1) is 8.16. The number of benzene rings is 1. The van der Waals surface area contributed by atoms with E-state index in [1.165, 1.54) is 0 Å². The molecule has 1 saturated heterocycles. The highest BCUT2D eigenvalue weighted by Gasteiger charge is 2.21. The molecule has 1 aliphatic heterocycles. The smallest absolute Gasteiger partial charge is 0.229 e. The summed E-state index contributed by atoms with van der Waals surface area (Å²) < 4.78 is 5.46. The fourth-order valence-electron chi connectivity index (χ4n) is 1.98. The molecule has 1 heterocycles. The summed E-state index contributed by atoms with van der Waals surface area (Å²) in [5.41, 5.74) is 7.18. The Labute approximate surface area is 101 Å². The highest BCUT2D eigenvalue weighted by molar-refractivity contribution is 5.93. The number of hydrogen-bond acceptors (Lipinski definition) is 3. The Morgan fingerprint density at radius 3 is 2.76 bits per heavy atom. The Hall–Kier alpha value is -1.55. The van der Waals surface area contributed by atoms with Gasteiger partial charge in [0.05, 0.1) is 12.5 Å². The van der Waals surface area contributed by atoms with Gasteiger partial charge >= 0.3 is 0 Å². The molecule has 92 valence electrons. The minimum atomic E-state index is 0.0849. The van der Waals surface area contributed by atoms with E-state index in [1.54, 1.807) is 24.1 Å². The lowest BCUT2D eigenvalue weighted by Gasteiger charge is -2.19. The molecular weight excluding hydrogens is 216 g/mol. The van der Waals surface area contributed by atoms with Crippen molar-refractivity contribution in [2.45, 2.75) is 25.4 Å². The molecule has 1 amide bonds. The fraction of sp³-hybridized carbons (Fsp3) is 0.462. The first-order valence-electron chi connectivity index (χ1n) is 5.90. The molecule has 0 saturated carbocycles. The van der Waals surface area contributed by atoms with Crippen LogP contribution in [0.3, 0.4) is 0 Å². The maximum absolute atomic E-state index is 12.0. The summed E-state index contributed by atoms with van der Waals surface area (Å²) in [6, 6.07) is 7.29.